The van der Waals surface area contributed by atoms with Gasteiger partial charge in [0.15, 0.2) is 5.75 Å². The van der Waals surface area contributed by atoms with E-state index < -0.39 is 59.3 Å². The van der Waals surface area contributed by atoms with Gasteiger partial charge >= 0.3 is 24.5 Å². The normalized spacial score (nSPS) is 17.4. The van der Waals surface area contributed by atoms with Crippen molar-refractivity contribution in [3.63, 3.8) is 0 Å². The summed E-state index contributed by atoms with van der Waals surface area (Å²) in [6.07, 6.45) is -7.71. The molecule has 0 saturated heterocycles. The second kappa shape index (κ2) is 17.5. The second-order valence-electron chi connectivity index (χ2n) is 13.0. The number of hydrogen-bond donors (Lipinski definition) is 1. The summed E-state index contributed by atoms with van der Waals surface area (Å²) in [5.41, 5.74) is -4.09. The van der Waals surface area contributed by atoms with Crippen molar-refractivity contribution in [3.05, 3.63) is 76.6 Å². The Morgan fingerprint density at radius 1 is 0.906 bits per heavy atom. The van der Waals surface area contributed by atoms with Crippen LogP contribution in [0.25, 0.3) is 0 Å². The highest BCUT2D eigenvalue weighted by molar-refractivity contribution is 7.98. The van der Waals surface area contributed by atoms with Gasteiger partial charge in [-0.3, -0.25) is 4.79 Å². The average molecular weight is 781 g/mol. The van der Waals surface area contributed by atoms with Gasteiger partial charge in [0.2, 0.25) is 5.95 Å². The lowest BCUT2D eigenvalue weighted by Crippen LogP contribution is -2.34. The maximum absolute atomic E-state index is 14.3. The van der Waals surface area contributed by atoms with Gasteiger partial charge < -0.3 is 19.6 Å². The first kappa shape index (κ1) is 41.9. The van der Waals surface area contributed by atoms with Gasteiger partial charge in [0.05, 0.1) is 41.7 Å². The lowest BCUT2D eigenvalue weighted by Gasteiger charge is -2.36. The van der Waals surface area contributed by atoms with Gasteiger partial charge in [-0.15, -0.1) is 0 Å². The number of thioether (sulfide) groups is 1. The lowest BCUT2D eigenvalue weighted by molar-refractivity contribution is -0.142. The van der Waals surface area contributed by atoms with Crippen LogP contribution in [0.2, 0.25) is 0 Å². The highest BCUT2D eigenvalue weighted by Gasteiger charge is 2.40. The van der Waals surface area contributed by atoms with E-state index in [1.165, 1.54) is 37.1 Å². The van der Waals surface area contributed by atoms with Crippen LogP contribution >= 0.6 is 11.8 Å². The molecule has 1 aliphatic carbocycles. The molecule has 1 saturated carbocycles. The van der Waals surface area contributed by atoms with Gasteiger partial charge in [-0.25, -0.2) is 9.97 Å². The number of carboxylic acids is 1. The standard InChI is InChI=1S/C36H41F9N4O3S/c1-4-48(20-24-7-5-23(6-8-24)15-32(50)51)31-12-10-26(34(37,38)39)16-25(31)21-49(33-46-18-28(19-47-33)52-13-14-53-3)22(2)29-17-27(35(40,41)42)9-11-30(29)36(43,44)45/h9-12,16-19,22-24H,4-8,13-15,20-21H2,1-3H3,(H,50,51)/t22?,23-,24-. The molecule has 0 bridgehead atoms. The third kappa shape index (κ3) is 11.3. The number of halogens is 9. The summed E-state index contributed by atoms with van der Waals surface area (Å²) in [7, 11) is 0. The molecule has 4 rings (SSSR count). The van der Waals surface area contributed by atoms with Gasteiger partial charge in [0.25, 0.3) is 0 Å². The van der Waals surface area contributed by atoms with E-state index in [-0.39, 0.29) is 42.1 Å². The van der Waals surface area contributed by atoms with Crippen molar-refractivity contribution >= 4 is 29.4 Å². The smallest absolute Gasteiger partial charge is 0.416 e. The summed E-state index contributed by atoms with van der Waals surface area (Å²) >= 11 is 1.51. The number of ether oxygens (including phenoxy) is 1. The minimum Gasteiger partial charge on any atom is -0.489 e. The van der Waals surface area contributed by atoms with Crippen LogP contribution in [-0.4, -0.2) is 52.7 Å². The number of benzene rings is 2. The van der Waals surface area contributed by atoms with Crippen LogP contribution in [0.3, 0.4) is 0 Å². The van der Waals surface area contributed by atoms with E-state index in [0.717, 1.165) is 17.0 Å². The first-order chi connectivity index (χ1) is 24.8. The van der Waals surface area contributed by atoms with Crippen LogP contribution in [-0.2, 0) is 29.9 Å². The van der Waals surface area contributed by atoms with Crippen LogP contribution in [0.5, 0.6) is 5.75 Å². The highest BCUT2D eigenvalue weighted by Crippen LogP contribution is 2.42. The van der Waals surface area contributed by atoms with Crippen LogP contribution < -0.4 is 14.5 Å². The molecule has 53 heavy (non-hydrogen) atoms. The van der Waals surface area contributed by atoms with Crippen molar-refractivity contribution in [2.24, 2.45) is 11.8 Å². The fraction of sp³-hybridized carbons (Fsp3) is 0.528. The molecule has 17 heteroatoms. The molecule has 1 N–H and O–H groups in total. The Bertz CT molecular complexity index is 1660. The van der Waals surface area contributed by atoms with Gasteiger partial charge in [-0.05, 0) is 105 Å². The van der Waals surface area contributed by atoms with Gasteiger partial charge in [0.1, 0.15) is 0 Å². The topological polar surface area (TPSA) is 78.8 Å². The van der Waals surface area contributed by atoms with Crippen molar-refractivity contribution in [2.45, 2.75) is 77.1 Å². The Balaban J connectivity index is 1.81. The predicted octanol–water partition coefficient (Wildman–Crippen LogP) is 10.1. The van der Waals surface area contributed by atoms with Crippen LogP contribution in [0, 0.1) is 11.8 Å². The average Bonchev–Trinajstić information content (AvgIpc) is 3.09. The van der Waals surface area contributed by atoms with Crippen LogP contribution in [0.1, 0.15) is 79.8 Å². The van der Waals surface area contributed by atoms with Gasteiger partial charge in [0, 0.05) is 37.5 Å². The summed E-state index contributed by atoms with van der Waals surface area (Å²) in [6.45, 7) is 3.54. The summed E-state index contributed by atoms with van der Waals surface area (Å²) in [5, 5.41) is 9.19. The molecule has 292 valence electrons. The number of carboxylic acid groups (broad SMARTS) is 1. The molecule has 2 aromatic carbocycles. The third-order valence-electron chi connectivity index (χ3n) is 9.41. The summed E-state index contributed by atoms with van der Waals surface area (Å²) in [5.74, 6) is -0.187. The van der Waals surface area contributed by atoms with E-state index in [9.17, 15) is 49.4 Å². The van der Waals surface area contributed by atoms with E-state index in [1.54, 1.807) is 6.92 Å². The Kier molecular flexibility index (Phi) is 13.8. The molecule has 0 amide bonds. The molecule has 0 aliphatic heterocycles. The van der Waals surface area contributed by atoms with Crippen LogP contribution in [0.4, 0.5) is 51.1 Å². The molecule has 1 heterocycles. The quantitative estimate of drug-likeness (QED) is 0.121. The molecule has 1 atom stereocenters. The van der Waals surface area contributed by atoms with Gasteiger partial charge in [-0.1, -0.05) is 0 Å². The number of aliphatic carboxylic acids is 1. The van der Waals surface area contributed by atoms with E-state index in [2.05, 4.69) is 9.97 Å². The highest BCUT2D eigenvalue weighted by atomic mass is 32.2. The first-order valence-corrected chi connectivity index (χ1v) is 18.4. The van der Waals surface area contributed by atoms with Crippen molar-refractivity contribution in [1.29, 1.82) is 0 Å². The molecule has 3 aromatic rings. The van der Waals surface area contributed by atoms with Crippen molar-refractivity contribution in [3.8, 4) is 5.75 Å². The number of alkyl halides is 9. The molecular weight excluding hydrogens is 739 g/mol. The Hall–Kier alpha value is -3.89. The molecule has 0 spiro atoms. The maximum atomic E-state index is 14.3. The molecule has 7 nitrogen and oxygen atoms in total. The lowest BCUT2D eigenvalue weighted by atomic mass is 9.80. The molecule has 1 aromatic heterocycles. The monoisotopic (exact) mass is 780 g/mol. The number of hydrogen-bond acceptors (Lipinski definition) is 7. The van der Waals surface area contributed by atoms with Crippen molar-refractivity contribution in [1.82, 2.24) is 9.97 Å². The number of carbonyl (C=O) groups is 1. The molecule has 0 radical (unpaired) electrons. The number of nitrogens with zero attached hydrogens (tertiary/aromatic N) is 4. The Labute approximate surface area is 305 Å². The maximum Gasteiger partial charge on any atom is 0.416 e. The molecule has 1 unspecified atom stereocenters. The largest absolute Gasteiger partial charge is 0.489 e. The fourth-order valence-electron chi connectivity index (χ4n) is 6.62. The number of rotatable bonds is 15. The summed E-state index contributed by atoms with van der Waals surface area (Å²) < 4.78 is 132. The molecular formula is C36H41F9N4O3S. The summed E-state index contributed by atoms with van der Waals surface area (Å²) in [4.78, 5) is 22.7. The third-order valence-corrected chi connectivity index (χ3v) is 9.98. The number of aromatic nitrogens is 2. The van der Waals surface area contributed by atoms with E-state index >= 15 is 0 Å². The van der Waals surface area contributed by atoms with Gasteiger partial charge in [-0.2, -0.15) is 51.3 Å². The fourth-order valence-corrected chi connectivity index (χ4v) is 6.87. The van der Waals surface area contributed by atoms with Crippen LogP contribution in [0.15, 0.2) is 48.8 Å². The zero-order chi connectivity index (χ0) is 39.1. The van der Waals surface area contributed by atoms with Crippen molar-refractivity contribution in [2.75, 3.05) is 41.5 Å². The Morgan fingerprint density at radius 3 is 2.04 bits per heavy atom. The van der Waals surface area contributed by atoms with E-state index in [1.807, 2.05) is 11.2 Å². The minimum absolute atomic E-state index is 0.0234. The SMILES string of the molecule is CCN(C[C@H]1CC[C@H](CC(=O)O)CC1)c1ccc(C(F)(F)F)cc1CN(c1ncc(OCCSC)cn1)C(C)c1cc(C(F)(F)F)ccc1C(F)(F)F. The molecule has 1 fully saturated rings. The second-order valence-corrected chi connectivity index (χ2v) is 14.0. The van der Waals surface area contributed by atoms with E-state index in [0.29, 0.717) is 68.4 Å². The number of anilines is 2. The summed E-state index contributed by atoms with van der Waals surface area (Å²) in [6, 6.07) is 2.63. The first-order valence-electron chi connectivity index (χ1n) is 17.0. The molecule has 1 aliphatic rings. The van der Waals surface area contributed by atoms with E-state index in [4.69, 9.17) is 4.74 Å². The zero-order valence-corrected chi connectivity index (χ0v) is 30.1. The van der Waals surface area contributed by atoms with Crippen molar-refractivity contribution < 1.29 is 54.2 Å². The Morgan fingerprint density at radius 2 is 1.49 bits per heavy atom. The zero-order valence-electron chi connectivity index (χ0n) is 29.3. The predicted molar refractivity (Wildman–Crippen MR) is 184 cm³/mol. The minimum atomic E-state index is -5.07.